The van der Waals surface area contributed by atoms with Crippen molar-refractivity contribution in [2.24, 2.45) is 0 Å². The maximum absolute atomic E-state index is 12.3. The van der Waals surface area contributed by atoms with Gasteiger partial charge in [-0.15, -0.1) is 11.8 Å². The predicted molar refractivity (Wildman–Crippen MR) is 121 cm³/mol. The summed E-state index contributed by atoms with van der Waals surface area (Å²) >= 11 is 13.2. The van der Waals surface area contributed by atoms with Gasteiger partial charge in [0.05, 0.1) is 15.8 Å². The number of rotatable bonds is 6. The SMILES string of the molecule is Cc1ccc(C(=O)Nc2ccc(SCC(=O)Nc3ccc(Cl)c(Cl)c3)cc2)cc1. The molecule has 0 aromatic heterocycles. The zero-order valence-electron chi connectivity index (χ0n) is 15.5. The molecule has 0 atom stereocenters. The average molecular weight is 445 g/mol. The molecular weight excluding hydrogens is 427 g/mol. The molecule has 0 saturated heterocycles. The van der Waals surface area contributed by atoms with Crippen molar-refractivity contribution in [3.05, 3.63) is 87.9 Å². The summed E-state index contributed by atoms with van der Waals surface area (Å²) in [5.41, 5.74) is 3.00. The molecular formula is C22H18Cl2N2O2S. The molecule has 7 heteroatoms. The van der Waals surface area contributed by atoms with Gasteiger partial charge in [-0.1, -0.05) is 40.9 Å². The number of halogens is 2. The van der Waals surface area contributed by atoms with E-state index in [1.54, 1.807) is 30.3 Å². The first-order valence-corrected chi connectivity index (χ1v) is 10.5. The van der Waals surface area contributed by atoms with Crippen molar-refractivity contribution >= 4 is 58.2 Å². The van der Waals surface area contributed by atoms with E-state index in [2.05, 4.69) is 10.6 Å². The summed E-state index contributed by atoms with van der Waals surface area (Å²) in [6.07, 6.45) is 0. The van der Waals surface area contributed by atoms with Crippen molar-refractivity contribution in [1.82, 2.24) is 0 Å². The standard InChI is InChI=1S/C22H18Cl2N2O2S/c1-14-2-4-15(5-3-14)22(28)26-16-6-9-18(10-7-16)29-13-21(27)25-17-8-11-19(23)20(24)12-17/h2-12H,13H2,1H3,(H,25,27)(H,26,28). The van der Waals surface area contributed by atoms with Crippen LogP contribution < -0.4 is 10.6 Å². The van der Waals surface area contributed by atoms with E-state index >= 15 is 0 Å². The van der Waals surface area contributed by atoms with Crippen LogP contribution in [0.5, 0.6) is 0 Å². The number of nitrogens with one attached hydrogen (secondary N) is 2. The molecule has 0 aliphatic rings. The average Bonchev–Trinajstić information content (AvgIpc) is 2.71. The minimum absolute atomic E-state index is 0.148. The Balaban J connectivity index is 1.50. The van der Waals surface area contributed by atoms with Gasteiger partial charge < -0.3 is 10.6 Å². The highest BCUT2D eigenvalue weighted by atomic mass is 35.5. The molecule has 0 saturated carbocycles. The Kier molecular flexibility index (Phi) is 7.20. The van der Waals surface area contributed by atoms with Crippen molar-refractivity contribution in [2.75, 3.05) is 16.4 Å². The molecule has 29 heavy (non-hydrogen) atoms. The molecule has 0 heterocycles. The minimum atomic E-state index is -0.161. The van der Waals surface area contributed by atoms with Gasteiger partial charge in [0.2, 0.25) is 5.91 Å². The summed E-state index contributed by atoms with van der Waals surface area (Å²) in [6, 6.07) is 19.7. The van der Waals surface area contributed by atoms with E-state index < -0.39 is 0 Å². The first-order valence-electron chi connectivity index (χ1n) is 8.76. The predicted octanol–water partition coefficient (Wildman–Crippen LogP) is 6.28. The number of carbonyl (C=O) groups is 2. The first-order chi connectivity index (χ1) is 13.9. The van der Waals surface area contributed by atoms with E-state index in [1.165, 1.54) is 11.8 Å². The molecule has 0 spiro atoms. The highest BCUT2D eigenvalue weighted by molar-refractivity contribution is 8.00. The van der Waals surface area contributed by atoms with Crippen LogP contribution in [0.2, 0.25) is 10.0 Å². The Morgan fingerprint density at radius 1 is 0.828 bits per heavy atom. The number of anilines is 2. The molecule has 0 radical (unpaired) electrons. The van der Waals surface area contributed by atoms with Gasteiger partial charge in [0.1, 0.15) is 0 Å². The largest absolute Gasteiger partial charge is 0.325 e. The lowest BCUT2D eigenvalue weighted by Gasteiger charge is -2.08. The van der Waals surface area contributed by atoms with E-state index in [9.17, 15) is 9.59 Å². The highest BCUT2D eigenvalue weighted by Crippen LogP contribution is 2.26. The number of aryl methyl sites for hydroxylation is 1. The van der Waals surface area contributed by atoms with E-state index in [1.807, 2.05) is 43.3 Å². The Bertz CT molecular complexity index is 1020. The zero-order chi connectivity index (χ0) is 20.8. The fraction of sp³-hybridized carbons (Fsp3) is 0.0909. The Morgan fingerprint density at radius 3 is 2.14 bits per heavy atom. The topological polar surface area (TPSA) is 58.2 Å². The van der Waals surface area contributed by atoms with Crippen molar-refractivity contribution in [1.29, 1.82) is 0 Å². The molecule has 3 rings (SSSR count). The summed E-state index contributed by atoms with van der Waals surface area (Å²) in [4.78, 5) is 25.3. The number of hydrogen-bond donors (Lipinski definition) is 2. The van der Waals surface area contributed by atoms with Crippen LogP contribution in [-0.2, 0) is 4.79 Å². The number of hydrogen-bond acceptors (Lipinski definition) is 3. The highest BCUT2D eigenvalue weighted by Gasteiger charge is 2.08. The van der Waals surface area contributed by atoms with Gasteiger partial charge in [-0.25, -0.2) is 0 Å². The summed E-state index contributed by atoms with van der Waals surface area (Å²) in [5, 5.41) is 6.47. The van der Waals surface area contributed by atoms with E-state index in [4.69, 9.17) is 23.2 Å². The maximum Gasteiger partial charge on any atom is 0.255 e. The molecule has 0 fully saturated rings. The van der Waals surface area contributed by atoms with Gasteiger partial charge in [0.25, 0.3) is 5.91 Å². The van der Waals surface area contributed by atoms with Crippen molar-refractivity contribution in [3.63, 3.8) is 0 Å². The number of amides is 2. The van der Waals surface area contributed by atoms with Crippen LogP contribution in [0.1, 0.15) is 15.9 Å². The summed E-state index contributed by atoms with van der Waals surface area (Å²) in [6.45, 7) is 1.98. The van der Waals surface area contributed by atoms with Crippen LogP contribution in [0.15, 0.2) is 71.6 Å². The van der Waals surface area contributed by atoms with Gasteiger partial charge in [0, 0.05) is 21.8 Å². The smallest absolute Gasteiger partial charge is 0.255 e. The molecule has 0 bridgehead atoms. The molecule has 3 aromatic carbocycles. The number of benzene rings is 3. The van der Waals surface area contributed by atoms with Crippen LogP contribution in [0.25, 0.3) is 0 Å². The number of carbonyl (C=O) groups excluding carboxylic acids is 2. The molecule has 148 valence electrons. The second-order valence-corrected chi connectivity index (χ2v) is 8.17. The summed E-state index contributed by atoms with van der Waals surface area (Å²) in [5.74, 6) is -0.0634. The summed E-state index contributed by atoms with van der Waals surface area (Å²) < 4.78 is 0. The Morgan fingerprint density at radius 2 is 1.48 bits per heavy atom. The fourth-order valence-corrected chi connectivity index (χ4v) is 3.46. The third-order valence-electron chi connectivity index (χ3n) is 4.00. The molecule has 2 amide bonds. The van der Waals surface area contributed by atoms with Crippen molar-refractivity contribution in [3.8, 4) is 0 Å². The third-order valence-corrected chi connectivity index (χ3v) is 5.75. The Hall–Kier alpha value is -2.47. The van der Waals surface area contributed by atoms with Crippen molar-refractivity contribution < 1.29 is 9.59 Å². The minimum Gasteiger partial charge on any atom is -0.325 e. The third kappa shape index (κ3) is 6.26. The van der Waals surface area contributed by atoms with Crippen LogP contribution in [0.4, 0.5) is 11.4 Å². The van der Waals surface area contributed by atoms with Gasteiger partial charge in [-0.3, -0.25) is 9.59 Å². The lowest BCUT2D eigenvalue weighted by Crippen LogP contribution is -2.14. The van der Waals surface area contributed by atoms with Crippen molar-refractivity contribution in [2.45, 2.75) is 11.8 Å². The maximum atomic E-state index is 12.3. The summed E-state index contributed by atoms with van der Waals surface area (Å²) in [7, 11) is 0. The van der Waals surface area contributed by atoms with E-state index in [0.717, 1.165) is 10.5 Å². The quantitative estimate of drug-likeness (QED) is 0.439. The van der Waals surface area contributed by atoms with Crippen LogP contribution >= 0.6 is 35.0 Å². The van der Waals surface area contributed by atoms with E-state index in [0.29, 0.717) is 27.0 Å². The van der Waals surface area contributed by atoms with Gasteiger partial charge in [0.15, 0.2) is 0 Å². The lowest BCUT2D eigenvalue weighted by molar-refractivity contribution is -0.113. The molecule has 0 aliphatic heterocycles. The molecule has 2 N–H and O–H groups in total. The first kappa shape index (κ1) is 21.2. The molecule has 0 unspecified atom stereocenters. The van der Waals surface area contributed by atoms with E-state index in [-0.39, 0.29) is 17.6 Å². The Labute approximate surface area is 183 Å². The van der Waals surface area contributed by atoms with Crippen LogP contribution in [0, 0.1) is 6.92 Å². The normalized spacial score (nSPS) is 10.4. The monoisotopic (exact) mass is 444 g/mol. The fourth-order valence-electron chi connectivity index (χ4n) is 2.46. The second-order valence-electron chi connectivity index (χ2n) is 6.31. The van der Waals surface area contributed by atoms with Gasteiger partial charge in [-0.2, -0.15) is 0 Å². The molecule has 0 aliphatic carbocycles. The number of thioether (sulfide) groups is 1. The molecule has 4 nitrogen and oxygen atoms in total. The van der Waals surface area contributed by atoms with Crippen LogP contribution in [0.3, 0.4) is 0 Å². The van der Waals surface area contributed by atoms with Gasteiger partial charge in [-0.05, 0) is 61.5 Å². The molecule has 3 aromatic rings. The van der Waals surface area contributed by atoms with Gasteiger partial charge >= 0.3 is 0 Å². The lowest BCUT2D eigenvalue weighted by atomic mass is 10.1. The van der Waals surface area contributed by atoms with Crippen LogP contribution in [-0.4, -0.2) is 17.6 Å². The zero-order valence-corrected chi connectivity index (χ0v) is 17.9. The second kappa shape index (κ2) is 9.83.